The number of amides is 1. The van der Waals surface area contributed by atoms with Crippen molar-refractivity contribution in [3.05, 3.63) is 0 Å². The number of nitrogens with one attached hydrogen (secondary N) is 2. The van der Waals surface area contributed by atoms with Crippen molar-refractivity contribution >= 4 is 5.91 Å². The molecule has 0 rings (SSSR count). The highest BCUT2D eigenvalue weighted by Gasteiger charge is 2.01. The van der Waals surface area contributed by atoms with E-state index in [1.54, 1.807) is 6.92 Å². The van der Waals surface area contributed by atoms with Crippen LogP contribution in [0.3, 0.4) is 0 Å². The van der Waals surface area contributed by atoms with Crippen molar-refractivity contribution in [3.63, 3.8) is 0 Å². The van der Waals surface area contributed by atoms with Crippen molar-refractivity contribution in [1.82, 2.24) is 10.6 Å². The molecule has 4 heteroatoms. The Kier molecular flexibility index (Phi) is 5.13. The third kappa shape index (κ3) is 5.37. The highest BCUT2D eigenvalue weighted by molar-refractivity contribution is 5.77. The van der Waals surface area contributed by atoms with Gasteiger partial charge in [0.2, 0.25) is 5.91 Å². The third-order valence-electron chi connectivity index (χ3n) is 1.14. The van der Waals surface area contributed by atoms with Crippen molar-refractivity contribution in [2.24, 2.45) is 0 Å². The minimum Gasteiger partial charge on any atom is -0.355 e. The van der Waals surface area contributed by atoms with Gasteiger partial charge in [0.25, 0.3) is 0 Å². The predicted molar refractivity (Wildman–Crippen MR) is 41.8 cm³/mol. The molecule has 1 amide bonds. The third-order valence-corrected chi connectivity index (χ3v) is 1.14. The van der Waals surface area contributed by atoms with Crippen LogP contribution in [-0.4, -0.2) is 25.0 Å². The van der Waals surface area contributed by atoms with E-state index in [-0.39, 0.29) is 18.5 Å². The van der Waals surface area contributed by atoms with Gasteiger partial charge in [-0.1, -0.05) is 0 Å². The lowest BCUT2D eigenvalue weighted by Gasteiger charge is -2.04. The zero-order valence-corrected chi connectivity index (χ0v) is 6.85. The molecule has 1 atom stereocenters. The molecule has 0 fully saturated rings. The Balaban J connectivity index is 3.39. The summed E-state index contributed by atoms with van der Waals surface area (Å²) in [6.45, 7) is 4.40. The summed E-state index contributed by atoms with van der Waals surface area (Å²) in [5, 5.41) is 13.7. The van der Waals surface area contributed by atoms with E-state index in [4.69, 9.17) is 5.26 Å². The van der Waals surface area contributed by atoms with Crippen molar-refractivity contribution < 1.29 is 4.79 Å². The molecule has 1 unspecified atom stereocenters. The van der Waals surface area contributed by atoms with Crippen LogP contribution >= 0.6 is 0 Å². The molecule has 0 aliphatic carbocycles. The summed E-state index contributed by atoms with van der Waals surface area (Å²) >= 11 is 0. The summed E-state index contributed by atoms with van der Waals surface area (Å²) in [5.74, 6) is -0.0744. The Morgan fingerprint density at radius 2 is 2.36 bits per heavy atom. The maximum absolute atomic E-state index is 10.8. The Bertz CT molecular complexity index is 162. The van der Waals surface area contributed by atoms with E-state index in [0.717, 1.165) is 0 Å². The van der Waals surface area contributed by atoms with E-state index in [1.807, 2.05) is 13.0 Å². The second-order valence-corrected chi connectivity index (χ2v) is 2.19. The SMILES string of the molecule is CCNC(=O)CNC(C)C#N. The fraction of sp³-hybridized carbons (Fsp3) is 0.714. The highest BCUT2D eigenvalue weighted by Crippen LogP contribution is 1.74. The topological polar surface area (TPSA) is 64.9 Å². The Hall–Kier alpha value is -1.08. The lowest BCUT2D eigenvalue weighted by Crippen LogP contribution is -2.37. The number of likely N-dealkylation sites (N-methyl/N-ethyl adjacent to an activating group) is 1. The van der Waals surface area contributed by atoms with Gasteiger partial charge in [0.1, 0.15) is 0 Å². The minimum absolute atomic E-state index is 0.0744. The van der Waals surface area contributed by atoms with Crippen molar-refractivity contribution in [1.29, 1.82) is 5.26 Å². The van der Waals surface area contributed by atoms with Gasteiger partial charge in [-0.15, -0.1) is 0 Å². The summed E-state index contributed by atoms with van der Waals surface area (Å²) in [4.78, 5) is 10.8. The van der Waals surface area contributed by atoms with Gasteiger partial charge in [-0.2, -0.15) is 5.26 Å². The second kappa shape index (κ2) is 5.69. The minimum atomic E-state index is -0.266. The molecule has 2 N–H and O–H groups in total. The molecule has 0 aliphatic heterocycles. The number of nitriles is 1. The van der Waals surface area contributed by atoms with Crippen LogP contribution in [0.2, 0.25) is 0 Å². The Morgan fingerprint density at radius 3 is 2.82 bits per heavy atom. The number of nitrogens with zero attached hydrogens (tertiary/aromatic N) is 1. The lowest BCUT2D eigenvalue weighted by atomic mass is 10.4. The van der Waals surface area contributed by atoms with E-state index in [9.17, 15) is 4.79 Å². The van der Waals surface area contributed by atoms with E-state index < -0.39 is 0 Å². The smallest absolute Gasteiger partial charge is 0.233 e. The Morgan fingerprint density at radius 1 is 1.73 bits per heavy atom. The van der Waals surface area contributed by atoms with Crippen molar-refractivity contribution in [2.45, 2.75) is 19.9 Å². The van der Waals surface area contributed by atoms with Gasteiger partial charge in [0.15, 0.2) is 0 Å². The summed E-state index contributed by atoms with van der Waals surface area (Å²) in [7, 11) is 0. The molecule has 0 radical (unpaired) electrons. The molecule has 0 bridgehead atoms. The summed E-state index contributed by atoms with van der Waals surface area (Å²) in [6, 6.07) is 1.71. The van der Waals surface area contributed by atoms with Gasteiger partial charge in [0, 0.05) is 6.54 Å². The molecule has 0 aliphatic rings. The van der Waals surface area contributed by atoms with Crippen LogP contribution < -0.4 is 10.6 Å². The van der Waals surface area contributed by atoms with Crippen LogP contribution in [-0.2, 0) is 4.79 Å². The number of carbonyl (C=O) groups is 1. The molecule has 0 heterocycles. The maximum Gasteiger partial charge on any atom is 0.233 e. The summed E-state index contributed by atoms with van der Waals surface area (Å²) in [6.07, 6.45) is 0. The van der Waals surface area contributed by atoms with Gasteiger partial charge in [-0.3, -0.25) is 10.1 Å². The standard InChI is InChI=1S/C7H13N3O/c1-3-9-7(11)5-10-6(2)4-8/h6,10H,3,5H2,1-2H3,(H,9,11). The van der Waals surface area contributed by atoms with Crippen LogP contribution in [0.4, 0.5) is 0 Å². The molecule has 0 aromatic rings. The van der Waals surface area contributed by atoms with Gasteiger partial charge >= 0.3 is 0 Å². The second-order valence-electron chi connectivity index (χ2n) is 2.19. The maximum atomic E-state index is 10.8. The molecule has 0 aromatic heterocycles. The first kappa shape index (κ1) is 9.92. The van der Waals surface area contributed by atoms with E-state index >= 15 is 0 Å². The van der Waals surface area contributed by atoms with Gasteiger partial charge in [0.05, 0.1) is 18.7 Å². The predicted octanol–water partition coefficient (Wildman–Crippen LogP) is -0.376. The molecule has 62 valence electrons. The molecule has 0 aromatic carbocycles. The average Bonchev–Trinajstić information content (AvgIpc) is 2.01. The number of hydrogen-bond acceptors (Lipinski definition) is 3. The van der Waals surface area contributed by atoms with Gasteiger partial charge in [-0.05, 0) is 13.8 Å². The van der Waals surface area contributed by atoms with Crippen LogP contribution in [0, 0.1) is 11.3 Å². The fourth-order valence-electron chi connectivity index (χ4n) is 0.551. The van der Waals surface area contributed by atoms with Crippen LogP contribution in [0.5, 0.6) is 0 Å². The lowest BCUT2D eigenvalue weighted by molar-refractivity contribution is -0.120. The van der Waals surface area contributed by atoms with Gasteiger partial charge in [-0.25, -0.2) is 0 Å². The molecule has 0 saturated carbocycles. The van der Waals surface area contributed by atoms with E-state index in [2.05, 4.69) is 10.6 Å². The fourth-order valence-corrected chi connectivity index (χ4v) is 0.551. The molecular weight excluding hydrogens is 142 g/mol. The van der Waals surface area contributed by atoms with Crippen LogP contribution in [0.25, 0.3) is 0 Å². The molecule has 11 heavy (non-hydrogen) atoms. The first-order valence-corrected chi connectivity index (χ1v) is 3.60. The zero-order valence-electron chi connectivity index (χ0n) is 6.85. The highest BCUT2D eigenvalue weighted by atomic mass is 16.1. The summed E-state index contributed by atoms with van der Waals surface area (Å²) < 4.78 is 0. The molecule has 4 nitrogen and oxygen atoms in total. The zero-order chi connectivity index (χ0) is 8.69. The quantitative estimate of drug-likeness (QED) is 0.582. The van der Waals surface area contributed by atoms with Gasteiger partial charge < -0.3 is 5.32 Å². The largest absolute Gasteiger partial charge is 0.355 e. The van der Waals surface area contributed by atoms with E-state index in [1.165, 1.54) is 0 Å². The van der Waals surface area contributed by atoms with Crippen LogP contribution in [0.1, 0.15) is 13.8 Å². The Labute approximate surface area is 66.6 Å². The first-order chi connectivity index (χ1) is 5.20. The normalized spacial score (nSPS) is 11.7. The molecule has 0 saturated heterocycles. The van der Waals surface area contributed by atoms with E-state index in [0.29, 0.717) is 6.54 Å². The summed E-state index contributed by atoms with van der Waals surface area (Å²) in [5.41, 5.74) is 0. The van der Waals surface area contributed by atoms with Crippen molar-refractivity contribution in [3.8, 4) is 6.07 Å². The molecule has 0 spiro atoms. The number of hydrogen-bond donors (Lipinski definition) is 2. The molecular formula is C7H13N3O. The van der Waals surface area contributed by atoms with Crippen molar-refractivity contribution in [2.75, 3.05) is 13.1 Å². The number of rotatable bonds is 4. The average molecular weight is 155 g/mol. The first-order valence-electron chi connectivity index (χ1n) is 3.60. The monoisotopic (exact) mass is 155 g/mol. The number of carbonyl (C=O) groups excluding carboxylic acids is 1. The van der Waals surface area contributed by atoms with Crippen LogP contribution in [0.15, 0.2) is 0 Å².